The van der Waals surface area contributed by atoms with E-state index in [-0.39, 0.29) is 6.54 Å². The number of carboxylic acids is 1. The molecule has 0 spiro atoms. The van der Waals surface area contributed by atoms with Gasteiger partial charge in [-0.1, -0.05) is 30.3 Å². The molecular weight excluding hydrogens is 204 g/mol. The third kappa shape index (κ3) is 1.95. The molecule has 0 aliphatic heterocycles. The molecule has 0 radical (unpaired) electrons. The lowest BCUT2D eigenvalue weighted by Gasteiger charge is -2.02. The van der Waals surface area contributed by atoms with Crippen molar-refractivity contribution < 1.29 is 9.90 Å². The molecule has 0 amide bonds. The maximum Gasteiger partial charge on any atom is 0.325 e. The van der Waals surface area contributed by atoms with E-state index in [1.54, 1.807) is 6.20 Å². The van der Waals surface area contributed by atoms with Crippen LogP contribution in [-0.2, 0) is 11.3 Å². The molecule has 1 aromatic heterocycles. The molecule has 16 heavy (non-hydrogen) atoms. The number of hydrogen-bond donors (Lipinski definition) is 1. The number of rotatable bonds is 3. The molecule has 82 valence electrons. The van der Waals surface area contributed by atoms with Crippen LogP contribution < -0.4 is 0 Å². The summed E-state index contributed by atoms with van der Waals surface area (Å²) >= 11 is 0. The first-order chi connectivity index (χ1) is 7.68. The van der Waals surface area contributed by atoms with Gasteiger partial charge in [0.2, 0.25) is 0 Å². The van der Waals surface area contributed by atoms with Crippen molar-refractivity contribution in [2.75, 3.05) is 0 Å². The van der Waals surface area contributed by atoms with Crippen LogP contribution in [0.3, 0.4) is 0 Å². The van der Waals surface area contributed by atoms with Crippen LogP contribution in [0.1, 0.15) is 5.69 Å². The molecule has 0 atom stereocenters. The van der Waals surface area contributed by atoms with Crippen LogP contribution in [-0.4, -0.2) is 20.9 Å². The number of aromatic nitrogens is 2. The molecule has 1 aromatic carbocycles. The van der Waals surface area contributed by atoms with E-state index in [1.807, 2.05) is 37.3 Å². The topological polar surface area (TPSA) is 55.1 Å². The zero-order valence-electron chi connectivity index (χ0n) is 8.92. The highest BCUT2D eigenvalue weighted by Crippen LogP contribution is 2.22. The van der Waals surface area contributed by atoms with Crippen molar-refractivity contribution >= 4 is 5.97 Å². The lowest BCUT2D eigenvalue weighted by molar-refractivity contribution is -0.137. The minimum absolute atomic E-state index is 0.0985. The molecule has 0 aliphatic rings. The van der Waals surface area contributed by atoms with E-state index in [9.17, 15) is 4.79 Å². The Balaban J connectivity index is 2.37. The van der Waals surface area contributed by atoms with E-state index in [2.05, 4.69) is 5.10 Å². The molecule has 2 rings (SSSR count). The van der Waals surface area contributed by atoms with Gasteiger partial charge < -0.3 is 5.11 Å². The van der Waals surface area contributed by atoms with Gasteiger partial charge in [-0.3, -0.25) is 9.48 Å². The summed E-state index contributed by atoms with van der Waals surface area (Å²) in [6.45, 7) is 1.77. The Morgan fingerprint density at radius 3 is 2.69 bits per heavy atom. The summed E-state index contributed by atoms with van der Waals surface area (Å²) in [5.74, 6) is -0.884. The Hall–Kier alpha value is -2.10. The maximum atomic E-state index is 10.6. The largest absolute Gasteiger partial charge is 0.480 e. The molecule has 0 aliphatic carbocycles. The summed E-state index contributed by atoms with van der Waals surface area (Å²) in [5, 5.41) is 12.8. The van der Waals surface area contributed by atoms with Crippen LogP contribution in [0.4, 0.5) is 0 Å². The fraction of sp³-hybridized carbons (Fsp3) is 0.167. The van der Waals surface area contributed by atoms with Gasteiger partial charge in [0.1, 0.15) is 6.54 Å². The van der Waals surface area contributed by atoms with Gasteiger partial charge in [-0.2, -0.15) is 5.10 Å². The normalized spacial score (nSPS) is 10.3. The van der Waals surface area contributed by atoms with Crippen LogP contribution in [0.15, 0.2) is 36.5 Å². The van der Waals surface area contributed by atoms with Gasteiger partial charge in [-0.15, -0.1) is 0 Å². The number of nitrogens with zero attached hydrogens (tertiary/aromatic N) is 2. The smallest absolute Gasteiger partial charge is 0.325 e. The second-order valence-electron chi connectivity index (χ2n) is 3.56. The molecule has 4 heteroatoms. The highest BCUT2D eigenvalue weighted by atomic mass is 16.4. The summed E-state index contributed by atoms with van der Waals surface area (Å²) in [6.07, 6.45) is 1.70. The SMILES string of the molecule is Cc1c(-c2ccccc2)cnn1CC(=O)O. The third-order valence-electron chi connectivity index (χ3n) is 2.47. The Bertz CT molecular complexity index is 503. The molecule has 1 heterocycles. The predicted octanol–water partition coefficient (Wildman–Crippen LogP) is 1.94. The fourth-order valence-electron chi connectivity index (χ4n) is 1.64. The minimum Gasteiger partial charge on any atom is -0.480 e. The molecule has 2 aromatic rings. The van der Waals surface area contributed by atoms with E-state index in [4.69, 9.17) is 5.11 Å². The summed E-state index contributed by atoms with van der Waals surface area (Å²) in [7, 11) is 0. The Labute approximate surface area is 93.1 Å². The molecule has 4 nitrogen and oxygen atoms in total. The molecule has 1 N–H and O–H groups in total. The van der Waals surface area contributed by atoms with Gasteiger partial charge in [0.25, 0.3) is 0 Å². The third-order valence-corrected chi connectivity index (χ3v) is 2.47. The second kappa shape index (κ2) is 4.18. The lowest BCUT2D eigenvalue weighted by atomic mass is 10.1. The van der Waals surface area contributed by atoms with Gasteiger partial charge in [-0.25, -0.2) is 0 Å². The molecule has 0 saturated carbocycles. The number of aliphatic carboxylic acids is 1. The van der Waals surface area contributed by atoms with Crippen LogP contribution in [0, 0.1) is 6.92 Å². The first-order valence-electron chi connectivity index (χ1n) is 4.98. The Kier molecular flexibility index (Phi) is 2.72. The Morgan fingerprint density at radius 1 is 1.38 bits per heavy atom. The first kappa shape index (κ1) is 10.4. The van der Waals surface area contributed by atoms with Crippen molar-refractivity contribution in [3.8, 4) is 11.1 Å². The van der Waals surface area contributed by atoms with E-state index >= 15 is 0 Å². The number of carboxylic acid groups (broad SMARTS) is 1. The van der Waals surface area contributed by atoms with Crippen molar-refractivity contribution in [1.29, 1.82) is 0 Å². The van der Waals surface area contributed by atoms with Crippen molar-refractivity contribution in [1.82, 2.24) is 9.78 Å². The van der Waals surface area contributed by atoms with Gasteiger partial charge in [0, 0.05) is 11.3 Å². The fourth-order valence-corrected chi connectivity index (χ4v) is 1.64. The minimum atomic E-state index is -0.884. The predicted molar refractivity (Wildman–Crippen MR) is 60.0 cm³/mol. The van der Waals surface area contributed by atoms with Crippen molar-refractivity contribution in [3.63, 3.8) is 0 Å². The van der Waals surface area contributed by atoms with Crippen molar-refractivity contribution in [2.24, 2.45) is 0 Å². The number of hydrogen-bond acceptors (Lipinski definition) is 2. The highest BCUT2D eigenvalue weighted by Gasteiger charge is 2.09. The zero-order chi connectivity index (χ0) is 11.5. The van der Waals surface area contributed by atoms with Crippen molar-refractivity contribution in [3.05, 3.63) is 42.2 Å². The average Bonchev–Trinajstić information content (AvgIpc) is 2.61. The van der Waals surface area contributed by atoms with Gasteiger partial charge in [-0.05, 0) is 12.5 Å². The van der Waals surface area contributed by atoms with E-state index in [0.29, 0.717) is 0 Å². The van der Waals surface area contributed by atoms with Crippen LogP contribution in [0.5, 0.6) is 0 Å². The second-order valence-corrected chi connectivity index (χ2v) is 3.56. The average molecular weight is 216 g/mol. The molecule has 0 saturated heterocycles. The van der Waals surface area contributed by atoms with Crippen LogP contribution in [0.2, 0.25) is 0 Å². The van der Waals surface area contributed by atoms with Crippen LogP contribution >= 0.6 is 0 Å². The lowest BCUT2D eigenvalue weighted by Crippen LogP contribution is -2.11. The Morgan fingerprint density at radius 2 is 2.06 bits per heavy atom. The molecule has 0 bridgehead atoms. The number of carbonyl (C=O) groups is 1. The van der Waals surface area contributed by atoms with Gasteiger partial charge in [0.05, 0.1) is 6.20 Å². The van der Waals surface area contributed by atoms with Crippen molar-refractivity contribution in [2.45, 2.75) is 13.5 Å². The van der Waals surface area contributed by atoms with Gasteiger partial charge >= 0.3 is 5.97 Å². The molecule has 0 unspecified atom stereocenters. The first-order valence-corrected chi connectivity index (χ1v) is 4.98. The summed E-state index contributed by atoms with van der Waals surface area (Å²) in [4.78, 5) is 10.6. The highest BCUT2D eigenvalue weighted by molar-refractivity contribution is 5.68. The zero-order valence-corrected chi connectivity index (χ0v) is 8.92. The van der Waals surface area contributed by atoms with Crippen LogP contribution in [0.25, 0.3) is 11.1 Å². The molecular formula is C12H12N2O2. The van der Waals surface area contributed by atoms with Gasteiger partial charge in [0.15, 0.2) is 0 Å². The van der Waals surface area contributed by atoms with E-state index in [0.717, 1.165) is 16.8 Å². The number of benzene rings is 1. The molecule has 0 fully saturated rings. The standard InChI is InChI=1S/C12H12N2O2/c1-9-11(10-5-3-2-4-6-10)7-13-14(9)8-12(15)16/h2-7H,8H2,1H3,(H,15,16). The van der Waals surface area contributed by atoms with E-state index < -0.39 is 5.97 Å². The summed E-state index contributed by atoms with van der Waals surface area (Å²) in [5.41, 5.74) is 2.90. The quantitative estimate of drug-likeness (QED) is 0.853. The summed E-state index contributed by atoms with van der Waals surface area (Å²) < 4.78 is 1.49. The van der Waals surface area contributed by atoms with E-state index in [1.165, 1.54) is 4.68 Å². The maximum absolute atomic E-state index is 10.6. The monoisotopic (exact) mass is 216 g/mol. The summed E-state index contributed by atoms with van der Waals surface area (Å²) in [6, 6.07) is 9.80.